The van der Waals surface area contributed by atoms with Crippen LogP contribution in [0.4, 0.5) is 5.69 Å². The van der Waals surface area contributed by atoms with Crippen molar-refractivity contribution in [1.29, 1.82) is 0 Å². The van der Waals surface area contributed by atoms with Crippen molar-refractivity contribution in [2.24, 2.45) is 0 Å². The summed E-state index contributed by atoms with van der Waals surface area (Å²) < 4.78 is 10.3. The van der Waals surface area contributed by atoms with Crippen molar-refractivity contribution in [1.82, 2.24) is 10.6 Å². The highest BCUT2D eigenvalue weighted by atomic mass is 16.5. The van der Waals surface area contributed by atoms with Crippen molar-refractivity contribution in [3.8, 4) is 11.5 Å². The van der Waals surface area contributed by atoms with Gasteiger partial charge >= 0.3 is 0 Å². The number of hydrogen-bond donors (Lipinski definition) is 3. The van der Waals surface area contributed by atoms with Gasteiger partial charge in [0.15, 0.2) is 0 Å². The number of rotatable bonds is 5. The van der Waals surface area contributed by atoms with Gasteiger partial charge in [-0.1, -0.05) is 0 Å². The van der Waals surface area contributed by atoms with Crippen molar-refractivity contribution in [3.63, 3.8) is 0 Å². The molecule has 2 amide bonds. The number of hydrogen-bond acceptors (Lipinski definition) is 5. The predicted molar refractivity (Wildman–Crippen MR) is 77.6 cm³/mol. The summed E-state index contributed by atoms with van der Waals surface area (Å²) in [5.41, 5.74) is 0.541. The van der Waals surface area contributed by atoms with E-state index in [4.69, 9.17) is 9.47 Å². The zero-order chi connectivity index (χ0) is 15.2. The van der Waals surface area contributed by atoms with Crippen LogP contribution in [0, 0.1) is 0 Å². The van der Waals surface area contributed by atoms with Crippen LogP contribution in [0.5, 0.6) is 11.5 Å². The van der Waals surface area contributed by atoms with Gasteiger partial charge in [0, 0.05) is 19.2 Å². The SMILES string of the molecule is COc1ccc(NC(=O)C[C@H]2NCCNC2=O)c(OC)c1. The van der Waals surface area contributed by atoms with Gasteiger partial charge in [-0.2, -0.15) is 0 Å². The smallest absolute Gasteiger partial charge is 0.237 e. The fraction of sp³-hybridized carbons (Fsp3) is 0.429. The minimum atomic E-state index is -0.497. The number of carbonyl (C=O) groups is 2. The van der Waals surface area contributed by atoms with Crippen molar-refractivity contribution < 1.29 is 19.1 Å². The molecule has 7 heteroatoms. The molecule has 0 aliphatic carbocycles. The summed E-state index contributed by atoms with van der Waals surface area (Å²) in [6.45, 7) is 1.25. The van der Waals surface area contributed by atoms with Crippen LogP contribution in [-0.2, 0) is 9.59 Å². The zero-order valence-electron chi connectivity index (χ0n) is 12.1. The highest BCUT2D eigenvalue weighted by Gasteiger charge is 2.24. The third-order valence-corrected chi connectivity index (χ3v) is 3.20. The quantitative estimate of drug-likeness (QED) is 0.717. The van der Waals surface area contributed by atoms with E-state index >= 15 is 0 Å². The van der Waals surface area contributed by atoms with Crippen LogP contribution >= 0.6 is 0 Å². The van der Waals surface area contributed by atoms with E-state index in [9.17, 15) is 9.59 Å². The Labute approximate surface area is 123 Å². The molecule has 2 rings (SSSR count). The molecule has 3 N–H and O–H groups in total. The molecule has 1 atom stereocenters. The topological polar surface area (TPSA) is 88.7 Å². The molecule has 1 aliphatic rings. The molecule has 1 saturated heterocycles. The standard InChI is InChI=1S/C14H19N3O4/c1-20-9-3-4-10(12(7-9)21-2)17-13(18)8-11-14(19)16-6-5-15-11/h3-4,7,11,15H,5-6,8H2,1-2H3,(H,16,19)(H,17,18)/t11-/m1/s1. The lowest BCUT2D eigenvalue weighted by Gasteiger charge is -2.23. The second-order valence-electron chi connectivity index (χ2n) is 4.62. The molecule has 1 aromatic rings. The summed E-state index contributed by atoms with van der Waals surface area (Å²) in [5, 5.41) is 8.47. The second-order valence-corrected chi connectivity index (χ2v) is 4.62. The molecule has 7 nitrogen and oxygen atoms in total. The molecule has 0 spiro atoms. The van der Waals surface area contributed by atoms with Crippen LogP contribution in [0.3, 0.4) is 0 Å². The van der Waals surface area contributed by atoms with Crippen LogP contribution < -0.4 is 25.4 Å². The molecule has 0 saturated carbocycles. The maximum atomic E-state index is 12.0. The van der Waals surface area contributed by atoms with E-state index in [0.29, 0.717) is 30.3 Å². The average Bonchev–Trinajstić information content (AvgIpc) is 2.50. The first kappa shape index (κ1) is 15.1. The van der Waals surface area contributed by atoms with E-state index in [-0.39, 0.29) is 18.2 Å². The largest absolute Gasteiger partial charge is 0.497 e. The Bertz CT molecular complexity index is 533. The third-order valence-electron chi connectivity index (χ3n) is 3.20. The molecule has 21 heavy (non-hydrogen) atoms. The van der Waals surface area contributed by atoms with E-state index in [1.807, 2.05) is 0 Å². The molecule has 1 heterocycles. The number of methoxy groups -OCH3 is 2. The summed E-state index contributed by atoms with van der Waals surface area (Å²) in [4.78, 5) is 23.6. The number of anilines is 1. The number of nitrogens with one attached hydrogen (secondary N) is 3. The van der Waals surface area contributed by atoms with Crippen LogP contribution in [0.15, 0.2) is 18.2 Å². The van der Waals surface area contributed by atoms with Crippen molar-refractivity contribution in [2.75, 3.05) is 32.6 Å². The Kier molecular flexibility index (Phi) is 4.99. The van der Waals surface area contributed by atoms with Gasteiger partial charge in [0.05, 0.1) is 32.4 Å². The molecule has 114 valence electrons. The molecule has 0 unspecified atom stereocenters. The summed E-state index contributed by atoms with van der Waals surface area (Å²) in [7, 11) is 3.07. The maximum Gasteiger partial charge on any atom is 0.237 e. The van der Waals surface area contributed by atoms with Crippen LogP contribution in [0.2, 0.25) is 0 Å². The number of piperazine rings is 1. The van der Waals surface area contributed by atoms with E-state index in [1.165, 1.54) is 7.11 Å². The highest BCUT2D eigenvalue weighted by Crippen LogP contribution is 2.29. The molecule has 1 aromatic carbocycles. The second kappa shape index (κ2) is 6.94. The maximum absolute atomic E-state index is 12.0. The normalized spacial score (nSPS) is 17.8. The van der Waals surface area contributed by atoms with Gasteiger partial charge in [0.2, 0.25) is 11.8 Å². The van der Waals surface area contributed by atoms with Gasteiger partial charge in [0.1, 0.15) is 11.5 Å². The van der Waals surface area contributed by atoms with Crippen LogP contribution in [0.1, 0.15) is 6.42 Å². The van der Waals surface area contributed by atoms with Gasteiger partial charge < -0.3 is 25.4 Å². The number of benzene rings is 1. The highest BCUT2D eigenvalue weighted by molar-refractivity contribution is 5.96. The van der Waals surface area contributed by atoms with Crippen molar-refractivity contribution in [2.45, 2.75) is 12.5 Å². The Morgan fingerprint density at radius 2 is 2.14 bits per heavy atom. The number of carbonyl (C=O) groups excluding carboxylic acids is 2. The number of ether oxygens (including phenoxy) is 2. The third kappa shape index (κ3) is 3.85. The molecular weight excluding hydrogens is 274 g/mol. The predicted octanol–water partition coefficient (Wildman–Crippen LogP) is 0.120. The Morgan fingerprint density at radius 1 is 1.33 bits per heavy atom. The van der Waals surface area contributed by atoms with Crippen molar-refractivity contribution in [3.05, 3.63) is 18.2 Å². The summed E-state index contributed by atoms with van der Waals surface area (Å²) in [6.07, 6.45) is 0.0705. The Morgan fingerprint density at radius 3 is 2.81 bits per heavy atom. The first-order valence-electron chi connectivity index (χ1n) is 6.67. The molecule has 0 bridgehead atoms. The fourth-order valence-corrected chi connectivity index (χ4v) is 2.10. The fourth-order valence-electron chi connectivity index (χ4n) is 2.10. The minimum Gasteiger partial charge on any atom is -0.497 e. The van der Waals surface area contributed by atoms with E-state index in [0.717, 1.165) is 0 Å². The van der Waals surface area contributed by atoms with Gasteiger partial charge in [0.25, 0.3) is 0 Å². The first-order chi connectivity index (χ1) is 10.1. The lowest BCUT2D eigenvalue weighted by Crippen LogP contribution is -2.53. The molecule has 0 radical (unpaired) electrons. The van der Waals surface area contributed by atoms with Crippen molar-refractivity contribution >= 4 is 17.5 Å². The molecule has 0 aromatic heterocycles. The van der Waals surface area contributed by atoms with E-state index < -0.39 is 6.04 Å². The summed E-state index contributed by atoms with van der Waals surface area (Å²) in [6, 6.07) is 4.61. The summed E-state index contributed by atoms with van der Waals surface area (Å²) in [5.74, 6) is 0.730. The monoisotopic (exact) mass is 293 g/mol. The molecular formula is C14H19N3O4. The Balaban J connectivity index is 2.00. The summed E-state index contributed by atoms with van der Waals surface area (Å²) >= 11 is 0. The van der Waals surface area contributed by atoms with Crippen LogP contribution in [0.25, 0.3) is 0 Å². The van der Waals surface area contributed by atoms with E-state index in [1.54, 1.807) is 25.3 Å². The minimum absolute atomic E-state index is 0.0705. The van der Waals surface area contributed by atoms with Gasteiger partial charge in [-0.15, -0.1) is 0 Å². The van der Waals surface area contributed by atoms with Crippen LogP contribution in [-0.4, -0.2) is 45.2 Å². The van der Waals surface area contributed by atoms with Gasteiger partial charge in [-0.25, -0.2) is 0 Å². The average molecular weight is 293 g/mol. The molecule has 1 fully saturated rings. The zero-order valence-corrected chi connectivity index (χ0v) is 12.1. The lowest BCUT2D eigenvalue weighted by molar-refractivity contribution is -0.127. The first-order valence-corrected chi connectivity index (χ1v) is 6.67. The molecule has 1 aliphatic heterocycles. The number of amides is 2. The van der Waals surface area contributed by atoms with E-state index in [2.05, 4.69) is 16.0 Å². The van der Waals surface area contributed by atoms with Gasteiger partial charge in [-0.3, -0.25) is 9.59 Å². The lowest BCUT2D eigenvalue weighted by atomic mass is 10.1. The van der Waals surface area contributed by atoms with Gasteiger partial charge in [-0.05, 0) is 12.1 Å². The Hall–Kier alpha value is -2.28.